The third-order valence-electron chi connectivity index (χ3n) is 2.39. The SMILES string of the molecule is CN(Cc1ccccc1OC(F)(F)F)C(=O)NCC(F)(F)F. The van der Waals surface area contributed by atoms with Gasteiger partial charge in [0.1, 0.15) is 12.3 Å². The van der Waals surface area contributed by atoms with Crippen molar-refractivity contribution in [3.63, 3.8) is 0 Å². The van der Waals surface area contributed by atoms with E-state index in [2.05, 4.69) is 4.74 Å². The van der Waals surface area contributed by atoms with Crippen molar-refractivity contribution in [1.29, 1.82) is 0 Å². The van der Waals surface area contributed by atoms with Gasteiger partial charge in [-0.05, 0) is 6.07 Å². The van der Waals surface area contributed by atoms with Crippen LogP contribution in [-0.4, -0.2) is 37.1 Å². The first-order valence-corrected chi connectivity index (χ1v) is 5.87. The predicted octanol–water partition coefficient (Wildman–Crippen LogP) is 3.29. The molecule has 0 atom stereocenters. The lowest BCUT2D eigenvalue weighted by atomic mass is 10.2. The number of alkyl halides is 6. The van der Waals surface area contributed by atoms with Crippen LogP contribution in [0.15, 0.2) is 24.3 Å². The van der Waals surface area contributed by atoms with Crippen LogP contribution in [0, 0.1) is 0 Å². The Labute approximate surface area is 121 Å². The first-order chi connectivity index (χ1) is 9.98. The van der Waals surface area contributed by atoms with Gasteiger partial charge in [-0.25, -0.2) is 4.79 Å². The molecule has 10 heteroatoms. The van der Waals surface area contributed by atoms with Gasteiger partial charge in [0.25, 0.3) is 0 Å². The molecule has 0 aromatic heterocycles. The third-order valence-corrected chi connectivity index (χ3v) is 2.39. The second-order valence-corrected chi connectivity index (χ2v) is 4.29. The number of nitrogens with one attached hydrogen (secondary N) is 1. The summed E-state index contributed by atoms with van der Waals surface area (Å²) < 4.78 is 76.4. The lowest BCUT2D eigenvalue weighted by molar-refractivity contribution is -0.275. The van der Waals surface area contributed by atoms with Gasteiger partial charge in [-0.15, -0.1) is 13.2 Å². The maximum Gasteiger partial charge on any atom is 0.573 e. The molecule has 1 rings (SSSR count). The number of carbonyl (C=O) groups is 1. The van der Waals surface area contributed by atoms with E-state index in [0.717, 1.165) is 18.0 Å². The smallest absolute Gasteiger partial charge is 0.405 e. The number of nitrogens with zero attached hydrogens (tertiary/aromatic N) is 1. The van der Waals surface area contributed by atoms with E-state index in [-0.39, 0.29) is 12.1 Å². The lowest BCUT2D eigenvalue weighted by Gasteiger charge is -2.20. The Morgan fingerprint density at radius 2 is 1.77 bits per heavy atom. The summed E-state index contributed by atoms with van der Waals surface area (Å²) in [7, 11) is 1.15. The molecule has 22 heavy (non-hydrogen) atoms. The highest BCUT2D eigenvalue weighted by atomic mass is 19.4. The van der Waals surface area contributed by atoms with Crippen molar-refractivity contribution in [1.82, 2.24) is 10.2 Å². The predicted molar refractivity (Wildman–Crippen MR) is 64.0 cm³/mol. The molecule has 124 valence electrons. The summed E-state index contributed by atoms with van der Waals surface area (Å²) in [4.78, 5) is 12.3. The maximum atomic E-state index is 12.2. The number of ether oxygens (including phenoxy) is 1. The Morgan fingerprint density at radius 1 is 1.18 bits per heavy atom. The second kappa shape index (κ2) is 6.75. The summed E-state index contributed by atoms with van der Waals surface area (Å²) in [5, 5.41) is 1.61. The van der Waals surface area contributed by atoms with Crippen molar-refractivity contribution >= 4 is 6.03 Å². The van der Waals surface area contributed by atoms with E-state index in [1.165, 1.54) is 18.2 Å². The summed E-state index contributed by atoms with van der Waals surface area (Å²) in [6.45, 7) is -1.88. The number of hydrogen-bond donors (Lipinski definition) is 1. The number of para-hydroxylation sites is 1. The third kappa shape index (κ3) is 6.55. The van der Waals surface area contributed by atoms with Gasteiger partial charge < -0.3 is 15.0 Å². The summed E-state index contributed by atoms with van der Waals surface area (Å²) in [6.07, 6.45) is -9.49. The molecule has 1 N–H and O–H groups in total. The Morgan fingerprint density at radius 3 is 2.32 bits per heavy atom. The minimum Gasteiger partial charge on any atom is -0.405 e. The fourth-order valence-corrected chi connectivity index (χ4v) is 1.50. The standard InChI is InChI=1S/C12H12F6N2O2/c1-20(10(21)19-7-11(13,14)15)6-8-4-2-3-5-9(8)22-12(16,17)18/h2-5H,6-7H2,1H3,(H,19,21). The molecule has 0 heterocycles. The molecule has 4 nitrogen and oxygen atoms in total. The van der Waals surface area contributed by atoms with Crippen LogP contribution in [-0.2, 0) is 6.54 Å². The zero-order valence-electron chi connectivity index (χ0n) is 11.3. The average Bonchev–Trinajstić information content (AvgIpc) is 2.35. The zero-order valence-corrected chi connectivity index (χ0v) is 11.3. The molecule has 0 aliphatic carbocycles. The molecule has 0 saturated heterocycles. The largest absolute Gasteiger partial charge is 0.573 e. The molecule has 0 radical (unpaired) electrons. The van der Waals surface area contributed by atoms with E-state index in [9.17, 15) is 31.1 Å². The molecular formula is C12H12F6N2O2. The van der Waals surface area contributed by atoms with Crippen molar-refractivity contribution in [2.45, 2.75) is 19.1 Å². The van der Waals surface area contributed by atoms with Gasteiger partial charge >= 0.3 is 18.6 Å². The first-order valence-electron chi connectivity index (χ1n) is 5.87. The highest BCUT2D eigenvalue weighted by Crippen LogP contribution is 2.26. The molecule has 0 saturated carbocycles. The molecule has 0 spiro atoms. The van der Waals surface area contributed by atoms with Crippen LogP contribution in [0.25, 0.3) is 0 Å². The molecule has 0 fully saturated rings. The summed E-state index contributed by atoms with van der Waals surface area (Å²) >= 11 is 0. The Kier molecular flexibility index (Phi) is 5.50. The molecular weight excluding hydrogens is 318 g/mol. The van der Waals surface area contributed by atoms with Crippen molar-refractivity contribution in [2.24, 2.45) is 0 Å². The van der Waals surface area contributed by atoms with Crippen LogP contribution >= 0.6 is 0 Å². The number of halogens is 6. The van der Waals surface area contributed by atoms with E-state index in [4.69, 9.17) is 0 Å². The van der Waals surface area contributed by atoms with Gasteiger partial charge in [0.05, 0.1) is 6.54 Å². The Bertz CT molecular complexity index is 515. The van der Waals surface area contributed by atoms with Crippen LogP contribution in [0.4, 0.5) is 31.1 Å². The molecule has 1 aromatic rings. The van der Waals surface area contributed by atoms with Gasteiger partial charge in [-0.1, -0.05) is 18.2 Å². The van der Waals surface area contributed by atoms with Crippen molar-refractivity contribution in [2.75, 3.05) is 13.6 Å². The number of carbonyl (C=O) groups excluding carboxylic acids is 1. The number of benzene rings is 1. The number of rotatable bonds is 4. The Hall–Kier alpha value is -2.13. The van der Waals surface area contributed by atoms with Gasteiger partial charge in [-0.2, -0.15) is 13.2 Å². The molecule has 0 unspecified atom stereocenters. The van der Waals surface area contributed by atoms with E-state index >= 15 is 0 Å². The van der Waals surface area contributed by atoms with Crippen molar-refractivity contribution in [3.05, 3.63) is 29.8 Å². The highest BCUT2D eigenvalue weighted by Gasteiger charge is 2.32. The molecule has 1 aromatic carbocycles. The van der Waals surface area contributed by atoms with Crippen molar-refractivity contribution in [3.8, 4) is 5.75 Å². The van der Waals surface area contributed by atoms with Gasteiger partial charge in [0.2, 0.25) is 0 Å². The van der Waals surface area contributed by atoms with Crippen LogP contribution in [0.5, 0.6) is 5.75 Å². The number of urea groups is 1. The van der Waals surface area contributed by atoms with E-state index in [1.807, 2.05) is 0 Å². The number of hydrogen-bond acceptors (Lipinski definition) is 2. The number of amides is 2. The van der Waals surface area contributed by atoms with Crippen LogP contribution in [0.3, 0.4) is 0 Å². The van der Waals surface area contributed by atoms with E-state index in [0.29, 0.717) is 0 Å². The normalized spacial score (nSPS) is 12.0. The van der Waals surface area contributed by atoms with E-state index < -0.39 is 30.9 Å². The van der Waals surface area contributed by atoms with Gasteiger partial charge in [-0.3, -0.25) is 0 Å². The maximum absolute atomic E-state index is 12.2. The van der Waals surface area contributed by atoms with Crippen LogP contribution in [0.2, 0.25) is 0 Å². The zero-order chi connectivity index (χ0) is 17.0. The lowest BCUT2D eigenvalue weighted by Crippen LogP contribution is -2.41. The second-order valence-electron chi connectivity index (χ2n) is 4.29. The van der Waals surface area contributed by atoms with Crippen LogP contribution < -0.4 is 10.1 Å². The van der Waals surface area contributed by atoms with Crippen LogP contribution in [0.1, 0.15) is 5.56 Å². The topological polar surface area (TPSA) is 41.6 Å². The minimum atomic E-state index is -4.91. The quantitative estimate of drug-likeness (QED) is 0.861. The monoisotopic (exact) mass is 330 g/mol. The van der Waals surface area contributed by atoms with Gasteiger partial charge in [0.15, 0.2) is 0 Å². The molecule has 2 amide bonds. The summed E-state index contributed by atoms with van der Waals surface area (Å²) in [5.41, 5.74) is 0.00415. The fourth-order valence-electron chi connectivity index (χ4n) is 1.50. The molecule has 0 aliphatic heterocycles. The Balaban J connectivity index is 2.72. The fraction of sp³-hybridized carbons (Fsp3) is 0.417. The molecule has 0 aliphatic rings. The summed E-state index contributed by atoms with van der Waals surface area (Å²) in [6, 6.07) is 3.96. The highest BCUT2D eigenvalue weighted by molar-refractivity contribution is 5.74. The molecule has 0 bridgehead atoms. The summed E-state index contributed by atoms with van der Waals surface area (Å²) in [5.74, 6) is -0.523. The van der Waals surface area contributed by atoms with Crippen molar-refractivity contribution < 1.29 is 35.9 Å². The van der Waals surface area contributed by atoms with Gasteiger partial charge in [0, 0.05) is 12.6 Å². The van der Waals surface area contributed by atoms with E-state index in [1.54, 1.807) is 5.32 Å². The first kappa shape index (κ1) is 17.9. The average molecular weight is 330 g/mol. The minimum absolute atomic E-state index is 0.00415.